The van der Waals surface area contributed by atoms with E-state index in [0.29, 0.717) is 5.56 Å². The Hall–Kier alpha value is -1.84. The summed E-state index contributed by atoms with van der Waals surface area (Å²) in [6.45, 7) is 7.58. The van der Waals surface area contributed by atoms with Crippen LogP contribution in [0.3, 0.4) is 0 Å². The molecule has 4 heteroatoms. The minimum atomic E-state index is -1.01. The maximum atomic E-state index is 12.4. The largest absolute Gasteiger partial charge is 0.480 e. The fraction of sp³-hybridized carbons (Fsp3) is 0.467. The lowest BCUT2D eigenvalue weighted by Gasteiger charge is -2.26. The Balaban J connectivity index is 3.17. The number of hydrogen-bond acceptors (Lipinski definition) is 2. The quantitative estimate of drug-likeness (QED) is 0.911. The number of amides is 1. The summed E-state index contributed by atoms with van der Waals surface area (Å²) in [5.41, 5.74) is 1.31. The number of hydrogen-bond donors (Lipinski definition) is 1. The average molecular weight is 263 g/mol. The standard InChI is InChI=1S/C15H21NO3/c1-10(14(18)19)16(5)13(17)11-8-6-7-9-12(11)15(2,3)4/h6-10H,1-5H3,(H,18,19). The highest BCUT2D eigenvalue weighted by molar-refractivity contribution is 5.97. The van der Waals surface area contributed by atoms with Gasteiger partial charge in [0.2, 0.25) is 0 Å². The summed E-state index contributed by atoms with van der Waals surface area (Å²) in [6.07, 6.45) is 0. The van der Waals surface area contributed by atoms with Crippen LogP contribution in [0.4, 0.5) is 0 Å². The number of carboxylic acid groups (broad SMARTS) is 1. The Labute approximate surface area is 114 Å². The van der Waals surface area contributed by atoms with Gasteiger partial charge in [0.25, 0.3) is 5.91 Å². The van der Waals surface area contributed by atoms with Gasteiger partial charge in [0, 0.05) is 12.6 Å². The number of likely N-dealkylation sites (N-methyl/N-ethyl adjacent to an activating group) is 1. The highest BCUT2D eigenvalue weighted by atomic mass is 16.4. The Morgan fingerprint density at radius 1 is 1.21 bits per heavy atom. The molecule has 0 fully saturated rings. The molecule has 0 aliphatic carbocycles. The second-order valence-corrected chi connectivity index (χ2v) is 5.73. The highest BCUT2D eigenvalue weighted by Crippen LogP contribution is 2.26. The third kappa shape index (κ3) is 3.34. The first-order chi connectivity index (χ1) is 8.66. The van der Waals surface area contributed by atoms with Crippen LogP contribution >= 0.6 is 0 Å². The molecule has 0 spiro atoms. The van der Waals surface area contributed by atoms with Crippen LogP contribution in [0.25, 0.3) is 0 Å². The van der Waals surface area contributed by atoms with Gasteiger partial charge < -0.3 is 10.0 Å². The number of rotatable bonds is 3. The van der Waals surface area contributed by atoms with E-state index in [-0.39, 0.29) is 11.3 Å². The molecule has 1 atom stereocenters. The van der Waals surface area contributed by atoms with Gasteiger partial charge in [-0.15, -0.1) is 0 Å². The Morgan fingerprint density at radius 3 is 2.21 bits per heavy atom. The van der Waals surface area contributed by atoms with Gasteiger partial charge in [-0.2, -0.15) is 0 Å². The molecule has 1 aromatic carbocycles. The molecule has 1 aromatic rings. The van der Waals surface area contributed by atoms with Crippen molar-refractivity contribution in [2.45, 2.75) is 39.2 Å². The van der Waals surface area contributed by atoms with E-state index in [9.17, 15) is 9.59 Å². The smallest absolute Gasteiger partial charge is 0.326 e. The first kappa shape index (κ1) is 15.2. The van der Waals surface area contributed by atoms with Crippen LogP contribution in [0.5, 0.6) is 0 Å². The zero-order valence-corrected chi connectivity index (χ0v) is 12.1. The molecule has 0 aliphatic heterocycles. The number of carbonyl (C=O) groups is 2. The third-order valence-corrected chi connectivity index (χ3v) is 3.22. The number of aliphatic carboxylic acids is 1. The van der Waals surface area contributed by atoms with Crippen LogP contribution in [-0.4, -0.2) is 35.0 Å². The van der Waals surface area contributed by atoms with E-state index in [1.54, 1.807) is 12.1 Å². The zero-order valence-electron chi connectivity index (χ0n) is 12.1. The highest BCUT2D eigenvalue weighted by Gasteiger charge is 2.27. The predicted molar refractivity (Wildman–Crippen MR) is 74.3 cm³/mol. The molecule has 19 heavy (non-hydrogen) atoms. The van der Waals surface area contributed by atoms with Gasteiger partial charge >= 0.3 is 5.97 Å². The lowest BCUT2D eigenvalue weighted by Crippen LogP contribution is -2.41. The van der Waals surface area contributed by atoms with Crippen molar-refractivity contribution in [2.24, 2.45) is 0 Å². The van der Waals surface area contributed by atoms with E-state index in [1.807, 2.05) is 32.9 Å². The summed E-state index contributed by atoms with van der Waals surface area (Å²) in [4.78, 5) is 24.6. The second-order valence-electron chi connectivity index (χ2n) is 5.73. The van der Waals surface area contributed by atoms with E-state index in [1.165, 1.54) is 18.9 Å². The molecular formula is C15H21NO3. The maximum absolute atomic E-state index is 12.4. The van der Waals surface area contributed by atoms with E-state index >= 15 is 0 Å². The number of carbonyl (C=O) groups excluding carboxylic acids is 1. The summed E-state index contributed by atoms with van der Waals surface area (Å²) in [5.74, 6) is -1.27. The first-order valence-corrected chi connectivity index (χ1v) is 6.25. The average Bonchev–Trinajstić information content (AvgIpc) is 2.35. The van der Waals surface area contributed by atoms with E-state index in [2.05, 4.69) is 0 Å². The lowest BCUT2D eigenvalue weighted by atomic mass is 9.83. The summed E-state index contributed by atoms with van der Waals surface area (Å²) in [5, 5.41) is 8.98. The van der Waals surface area contributed by atoms with Crippen LogP contribution in [0.1, 0.15) is 43.6 Å². The van der Waals surface area contributed by atoms with Crippen LogP contribution < -0.4 is 0 Å². The van der Waals surface area contributed by atoms with Crippen LogP contribution in [-0.2, 0) is 10.2 Å². The number of carboxylic acids is 1. The molecule has 1 unspecified atom stereocenters. The predicted octanol–water partition coefficient (Wildman–Crippen LogP) is 2.53. The van der Waals surface area contributed by atoms with Crippen molar-refractivity contribution in [1.29, 1.82) is 0 Å². The first-order valence-electron chi connectivity index (χ1n) is 6.25. The molecule has 0 saturated heterocycles. The van der Waals surface area contributed by atoms with Gasteiger partial charge in [-0.3, -0.25) is 4.79 Å². The van der Waals surface area contributed by atoms with E-state index in [4.69, 9.17) is 5.11 Å². The molecule has 0 aliphatic rings. The molecule has 4 nitrogen and oxygen atoms in total. The summed E-state index contributed by atoms with van der Waals surface area (Å²) in [6, 6.07) is 6.49. The normalized spacial score (nSPS) is 12.9. The Morgan fingerprint density at radius 2 is 1.74 bits per heavy atom. The van der Waals surface area contributed by atoms with Gasteiger partial charge in [0.05, 0.1) is 0 Å². The zero-order chi connectivity index (χ0) is 14.8. The van der Waals surface area contributed by atoms with Gasteiger partial charge in [0.15, 0.2) is 0 Å². The van der Waals surface area contributed by atoms with Crippen LogP contribution in [0.15, 0.2) is 24.3 Å². The fourth-order valence-electron chi connectivity index (χ4n) is 1.86. The topological polar surface area (TPSA) is 57.6 Å². The second kappa shape index (κ2) is 5.43. The molecule has 0 aromatic heterocycles. The summed E-state index contributed by atoms with van der Waals surface area (Å²) in [7, 11) is 1.51. The van der Waals surface area contributed by atoms with Gasteiger partial charge in [-0.25, -0.2) is 4.79 Å². The van der Waals surface area contributed by atoms with Crippen LogP contribution in [0, 0.1) is 0 Å². The molecule has 1 rings (SSSR count). The van der Waals surface area contributed by atoms with E-state index < -0.39 is 12.0 Å². The van der Waals surface area contributed by atoms with E-state index in [0.717, 1.165) is 5.56 Å². The molecule has 0 saturated carbocycles. The van der Waals surface area contributed by atoms with Crippen molar-refractivity contribution >= 4 is 11.9 Å². The number of nitrogens with zero attached hydrogens (tertiary/aromatic N) is 1. The summed E-state index contributed by atoms with van der Waals surface area (Å²) >= 11 is 0. The van der Waals surface area contributed by atoms with Crippen molar-refractivity contribution in [2.75, 3.05) is 7.05 Å². The molecule has 0 bridgehead atoms. The molecule has 1 N–H and O–H groups in total. The van der Waals surface area contributed by atoms with Crippen molar-refractivity contribution in [3.63, 3.8) is 0 Å². The fourth-order valence-corrected chi connectivity index (χ4v) is 1.86. The lowest BCUT2D eigenvalue weighted by molar-refractivity contribution is -0.141. The van der Waals surface area contributed by atoms with Crippen molar-refractivity contribution in [1.82, 2.24) is 4.90 Å². The minimum Gasteiger partial charge on any atom is -0.480 e. The van der Waals surface area contributed by atoms with Crippen molar-refractivity contribution in [3.05, 3.63) is 35.4 Å². The molecule has 0 heterocycles. The third-order valence-electron chi connectivity index (χ3n) is 3.22. The van der Waals surface area contributed by atoms with Gasteiger partial charge in [-0.05, 0) is 24.0 Å². The molecule has 104 valence electrons. The van der Waals surface area contributed by atoms with Crippen molar-refractivity contribution in [3.8, 4) is 0 Å². The monoisotopic (exact) mass is 263 g/mol. The Kier molecular flexibility index (Phi) is 4.35. The van der Waals surface area contributed by atoms with Crippen LogP contribution in [0.2, 0.25) is 0 Å². The van der Waals surface area contributed by atoms with Gasteiger partial charge in [0.1, 0.15) is 6.04 Å². The Bertz CT molecular complexity index is 488. The molecule has 0 radical (unpaired) electrons. The number of benzene rings is 1. The molecule has 1 amide bonds. The SMILES string of the molecule is CC(C(=O)O)N(C)C(=O)c1ccccc1C(C)(C)C. The minimum absolute atomic E-state index is 0.167. The maximum Gasteiger partial charge on any atom is 0.326 e. The molecular weight excluding hydrogens is 242 g/mol. The van der Waals surface area contributed by atoms with Gasteiger partial charge in [-0.1, -0.05) is 39.0 Å². The van der Waals surface area contributed by atoms with Crippen molar-refractivity contribution < 1.29 is 14.7 Å². The summed E-state index contributed by atoms with van der Waals surface area (Å²) < 4.78 is 0.